The van der Waals surface area contributed by atoms with Crippen LogP contribution in [-0.4, -0.2) is 32.8 Å². The zero-order valence-electron chi connectivity index (χ0n) is 7.78. The van der Waals surface area contributed by atoms with Crippen molar-refractivity contribution in [1.82, 2.24) is 25.5 Å². The minimum Gasteiger partial charge on any atom is -0.314 e. The Labute approximate surface area is 72.2 Å². The highest BCUT2D eigenvalue weighted by molar-refractivity contribution is 4.77. The van der Waals surface area contributed by atoms with Crippen molar-refractivity contribution in [2.45, 2.75) is 26.3 Å². The monoisotopic (exact) mass is 169 g/mol. The largest absolute Gasteiger partial charge is 0.314 e. The topological polar surface area (TPSA) is 55.6 Å². The third kappa shape index (κ3) is 2.96. The van der Waals surface area contributed by atoms with Crippen molar-refractivity contribution < 1.29 is 0 Å². The van der Waals surface area contributed by atoms with Gasteiger partial charge in [0.25, 0.3) is 0 Å². The van der Waals surface area contributed by atoms with E-state index < -0.39 is 0 Å². The van der Waals surface area contributed by atoms with Crippen LogP contribution in [0.1, 0.15) is 19.7 Å². The van der Waals surface area contributed by atoms with Gasteiger partial charge in [0.1, 0.15) is 0 Å². The molecule has 0 aliphatic carbocycles. The molecule has 0 bridgehead atoms. The summed E-state index contributed by atoms with van der Waals surface area (Å²) in [5, 5.41) is 15.0. The molecule has 0 aliphatic heterocycles. The van der Waals surface area contributed by atoms with Crippen molar-refractivity contribution in [3.05, 3.63) is 5.82 Å². The van der Waals surface area contributed by atoms with Crippen molar-refractivity contribution >= 4 is 0 Å². The molecule has 0 saturated heterocycles. The third-order valence-corrected chi connectivity index (χ3v) is 1.45. The van der Waals surface area contributed by atoms with E-state index in [2.05, 4.69) is 34.6 Å². The smallest absolute Gasteiger partial charge is 0.176 e. The summed E-state index contributed by atoms with van der Waals surface area (Å²) in [6, 6.07) is 0.515. The molecule has 0 atom stereocenters. The lowest BCUT2D eigenvalue weighted by atomic mass is 10.3. The van der Waals surface area contributed by atoms with E-state index in [1.807, 2.05) is 0 Å². The number of aryl methyl sites for hydroxylation is 1. The molecule has 0 aromatic carbocycles. The molecule has 0 fully saturated rings. The van der Waals surface area contributed by atoms with Gasteiger partial charge in [-0.1, -0.05) is 13.8 Å². The minimum atomic E-state index is 0.515. The van der Waals surface area contributed by atoms with Gasteiger partial charge in [0.2, 0.25) is 0 Å². The number of nitrogens with one attached hydrogen (secondary N) is 1. The Morgan fingerprint density at radius 1 is 1.50 bits per heavy atom. The van der Waals surface area contributed by atoms with Crippen molar-refractivity contribution in [1.29, 1.82) is 0 Å². The molecule has 1 N–H and O–H groups in total. The molecular weight excluding hydrogens is 154 g/mol. The summed E-state index contributed by atoms with van der Waals surface area (Å²) in [6.07, 6.45) is 0.839. The van der Waals surface area contributed by atoms with Crippen LogP contribution in [0.15, 0.2) is 0 Å². The first-order valence-electron chi connectivity index (χ1n) is 4.14. The second-order valence-electron chi connectivity index (χ2n) is 3.05. The fourth-order valence-corrected chi connectivity index (χ4v) is 0.896. The van der Waals surface area contributed by atoms with Gasteiger partial charge < -0.3 is 5.32 Å². The summed E-state index contributed by atoms with van der Waals surface area (Å²) in [5.74, 6) is 0.797. The Balaban J connectivity index is 2.24. The maximum Gasteiger partial charge on any atom is 0.176 e. The highest BCUT2D eigenvalue weighted by atomic mass is 15.6. The standard InChI is InChI=1S/C7H15N5/c1-6(2)8-5-4-7-9-11-12(3)10-7/h6,8H,4-5H2,1-3H3. The molecule has 0 unspecified atom stereocenters. The first-order chi connectivity index (χ1) is 5.68. The predicted molar refractivity (Wildman–Crippen MR) is 45.6 cm³/mol. The Morgan fingerprint density at radius 2 is 2.25 bits per heavy atom. The summed E-state index contributed by atoms with van der Waals surface area (Å²) in [4.78, 5) is 1.48. The molecule has 1 aromatic heterocycles. The molecular formula is C7H15N5. The van der Waals surface area contributed by atoms with Crippen LogP contribution in [0.2, 0.25) is 0 Å². The summed E-state index contributed by atoms with van der Waals surface area (Å²) in [5.41, 5.74) is 0. The van der Waals surface area contributed by atoms with E-state index in [0.717, 1.165) is 18.8 Å². The molecule has 1 heterocycles. The van der Waals surface area contributed by atoms with Gasteiger partial charge in [0.15, 0.2) is 5.82 Å². The fraction of sp³-hybridized carbons (Fsp3) is 0.857. The molecule has 1 aromatic rings. The number of aromatic nitrogens is 4. The molecule has 68 valence electrons. The average molecular weight is 169 g/mol. The predicted octanol–water partition coefficient (Wildman–Crippen LogP) is -0.249. The molecule has 5 nitrogen and oxygen atoms in total. The molecule has 0 saturated carbocycles. The van der Waals surface area contributed by atoms with Crippen LogP contribution in [0.25, 0.3) is 0 Å². The summed E-state index contributed by atoms with van der Waals surface area (Å²) in [6.45, 7) is 5.14. The van der Waals surface area contributed by atoms with Crippen molar-refractivity contribution in [3.63, 3.8) is 0 Å². The Hall–Kier alpha value is -0.970. The molecule has 1 rings (SSSR count). The first-order valence-corrected chi connectivity index (χ1v) is 4.14. The SMILES string of the molecule is CC(C)NCCc1nnn(C)n1. The van der Waals surface area contributed by atoms with Crippen LogP contribution in [0.4, 0.5) is 0 Å². The van der Waals surface area contributed by atoms with Crippen molar-refractivity contribution in [2.24, 2.45) is 7.05 Å². The van der Waals surface area contributed by atoms with Crippen LogP contribution in [0, 0.1) is 0 Å². The second kappa shape index (κ2) is 4.15. The van der Waals surface area contributed by atoms with Crippen LogP contribution in [0.5, 0.6) is 0 Å². The lowest BCUT2D eigenvalue weighted by molar-refractivity contribution is 0.580. The third-order valence-electron chi connectivity index (χ3n) is 1.45. The van der Waals surface area contributed by atoms with Gasteiger partial charge in [-0.3, -0.25) is 0 Å². The molecule has 0 radical (unpaired) electrons. The van der Waals surface area contributed by atoms with E-state index >= 15 is 0 Å². The Morgan fingerprint density at radius 3 is 2.75 bits per heavy atom. The molecule has 0 aliphatic rings. The summed E-state index contributed by atoms with van der Waals surface area (Å²) < 4.78 is 0. The van der Waals surface area contributed by atoms with Gasteiger partial charge in [0, 0.05) is 19.0 Å². The van der Waals surface area contributed by atoms with Crippen LogP contribution < -0.4 is 5.32 Å². The lowest BCUT2D eigenvalue weighted by Crippen LogP contribution is -2.25. The van der Waals surface area contributed by atoms with Crippen LogP contribution >= 0.6 is 0 Å². The van der Waals surface area contributed by atoms with E-state index in [0.29, 0.717) is 6.04 Å². The molecule has 5 heteroatoms. The van der Waals surface area contributed by atoms with E-state index in [9.17, 15) is 0 Å². The molecule has 0 amide bonds. The van der Waals surface area contributed by atoms with Gasteiger partial charge in [-0.15, -0.1) is 10.2 Å². The number of nitrogens with zero attached hydrogens (tertiary/aromatic N) is 4. The van der Waals surface area contributed by atoms with E-state index in [-0.39, 0.29) is 0 Å². The van der Waals surface area contributed by atoms with Gasteiger partial charge >= 0.3 is 0 Å². The van der Waals surface area contributed by atoms with Crippen molar-refractivity contribution in [2.75, 3.05) is 6.54 Å². The number of hydrogen-bond acceptors (Lipinski definition) is 4. The van der Waals surface area contributed by atoms with E-state index in [1.165, 1.54) is 4.80 Å². The van der Waals surface area contributed by atoms with Gasteiger partial charge in [0.05, 0.1) is 7.05 Å². The fourth-order valence-electron chi connectivity index (χ4n) is 0.896. The molecule has 0 spiro atoms. The van der Waals surface area contributed by atoms with Gasteiger partial charge in [-0.2, -0.15) is 4.80 Å². The summed E-state index contributed by atoms with van der Waals surface area (Å²) >= 11 is 0. The number of tetrazole rings is 1. The number of rotatable bonds is 4. The first kappa shape index (κ1) is 9.12. The van der Waals surface area contributed by atoms with E-state index in [4.69, 9.17) is 0 Å². The van der Waals surface area contributed by atoms with Gasteiger partial charge in [-0.25, -0.2) is 0 Å². The zero-order chi connectivity index (χ0) is 8.97. The quantitative estimate of drug-likeness (QED) is 0.675. The van der Waals surface area contributed by atoms with Crippen molar-refractivity contribution in [3.8, 4) is 0 Å². The molecule has 12 heavy (non-hydrogen) atoms. The Kier molecular flexibility index (Phi) is 3.16. The van der Waals surface area contributed by atoms with Crippen LogP contribution in [-0.2, 0) is 13.5 Å². The maximum atomic E-state index is 4.06. The number of hydrogen-bond donors (Lipinski definition) is 1. The normalized spacial score (nSPS) is 11.0. The van der Waals surface area contributed by atoms with Gasteiger partial charge in [-0.05, 0) is 5.21 Å². The maximum absolute atomic E-state index is 4.06. The van der Waals surface area contributed by atoms with Crippen LogP contribution in [0.3, 0.4) is 0 Å². The van der Waals surface area contributed by atoms with E-state index in [1.54, 1.807) is 7.05 Å². The Bertz CT molecular complexity index is 229. The average Bonchev–Trinajstić information content (AvgIpc) is 2.35. The lowest BCUT2D eigenvalue weighted by Gasteiger charge is -2.04. The highest BCUT2D eigenvalue weighted by Gasteiger charge is 1.99. The minimum absolute atomic E-state index is 0.515. The zero-order valence-corrected chi connectivity index (χ0v) is 7.78. The second-order valence-corrected chi connectivity index (χ2v) is 3.05. The highest BCUT2D eigenvalue weighted by Crippen LogP contribution is 1.86. The summed E-state index contributed by atoms with van der Waals surface area (Å²) in [7, 11) is 1.77.